The second-order valence-corrected chi connectivity index (χ2v) is 11.2. The first-order chi connectivity index (χ1) is 8.56. The topological polar surface area (TPSA) is 49.4 Å². The zero-order chi connectivity index (χ0) is 14.8. The third kappa shape index (κ3) is 3.59. The molecular formula is C15H23O3Si-. The molecule has 106 valence electrons. The van der Waals surface area contributed by atoms with Crippen molar-refractivity contribution in [1.82, 2.24) is 0 Å². The van der Waals surface area contributed by atoms with Gasteiger partial charge < -0.3 is 14.3 Å². The van der Waals surface area contributed by atoms with Crippen LogP contribution < -0.4 is 9.53 Å². The van der Waals surface area contributed by atoms with E-state index in [9.17, 15) is 9.90 Å². The van der Waals surface area contributed by atoms with Gasteiger partial charge in [0.25, 0.3) is 0 Å². The molecule has 0 heterocycles. The fourth-order valence-corrected chi connectivity index (χ4v) is 2.53. The molecule has 1 atom stereocenters. The van der Waals surface area contributed by atoms with Gasteiger partial charge in [-0.1, -0.05) is 45.9 Å². The smallest absolute Gasteiger partial charge is 0.250 e. The van der Waals surface area contributed by atoms with E-state index in [2.05, 4.69) is 33.9 Å². The Morgan fingerprint density at radius 2 is 1.79 bits per heavy atom. The van der Waals surface area contributed by atoms with E-state index in [-0.39, 0.29) is 5.04 Å². The van der Waals surface area contributed by atoms with Crippen molar-refractivity contribution >= 4 is 14.3 Å². The SMILES string of the molecule is CC(C(=O)[O-])c1ccccc1O[Si](C)(C)C(C)(C)C. The Morgan fingerprint density at radius 1 is 1.26 bits per heavy atom. The maximum absolute atomic E-state index is 11.1. The van der Waals surface area contributed by atoms with E-state index in [0.717, 1.165) is 0 Å². The lowest BCUT2D eigenvalue weighted by Crippen LogP contribution is -2.44. The van der Waals surface area contributed by atoms with Gasteiger partial charge in [-0.05, 0) is 24.2 Å². The standard InChI is InChI=1S/C15H24O3Si/c1-11(14(16)17)12-9-7-8-10-13(12)18-19(5,6)15(2,3)4/h7-11H,1-6H3,(H,16,17)/p-1. The van der Waals surface area contributed by atoms with Crippen LogP contribution in [0.5, 0.6) is 5.75 Å². The molecule has 0 radical (unpaired) electrons. The normalized spacial score (nSPS) is 14.0. The molecular weight excluding hydrogens is 256 g/mol. The lowest BCUT2D eigenvalue weighted by Gasteiger charge is -2.37. The van der Waals surface area contributed by atoms with Crippen molar-refractivity contribution in [3.63, 3.8) is 0 Å². The van der Waals surface area contributed by atoms with Gasteiger partial charge in [0, 0.05) is 17.5 Å². The van der Waals surface area contributed by atoms with Crippen molar-refractivity contribution in [2.24, 2.45) is 0 Å². The number of carbonyl (C=O) groups is 1. The van der Waals surface area contributed by atoms with Crippen LogP contribution in [0.1, 0.15) is 39.2 Å². The number of carboxylic acid groups (broad SMARTS) is 1. The van der Waals surface area contributed by atoms with Gasteiger partial charge in [-0.15, -0.1) is 0 Å². The fraction of sp³-hybridized carbons (Fsp3) is 0.533. The Bertz CT molecular complexity index is 461. The van der Waals surface area contributed by atoms with Crippen LogP contribution in [-0.2, 0) is 4.79 Å². The quantitative estimate of drug-likeness (QED) is 0.796. The number of hydrogen-bond acceptors (Lipinski definition) is 3. The van der Waals surface area contributed by atoms with E-state index in [1.807, 2.05) is 18.2 Å². The summed E-state index contributed by atoms with van der Waals surface area (Å²) in [5.41, 5.74) is 0.687. The zero-order valence-corrected chi connectivity index (χ0v) is 13.6. The van der Waals surface area contributed by atoms with Crippen molar-refractivity contribution in [2.75, 3.05) is 0 Å². The second kappa shape index (κ2) is 5.37. The van der Waals surface area contributed by atoms with Gasteiger partial charge in [0.1, 0.15) is 5.75 Å². The van der Waals surface area contributed by atoms with Crippen LogP contribution in [0.4, 0.5) is 0 Å². The number of carboxylic acids is 1. The molecule has 0 spiro atoms. The molecule has 1 unspecified atom stereocenters. The lowest BCUT2D eigenvalue weighted by atomic mass is 10.0. The molecule has 0 fully saturated rings. The van der Waals surface area contributed by atoms with Gasteiger partial charge in [0.05, 0.1) is 0 Å². The highest BCUT2D eigenvalue weighted by molar-refractivity contribution is 6.74. The van der Waals surface area contributed by atoms with Gasteiger partial charge in [0.15, 0.2) is 0 Å². The van der Waals surface area contributed by atoms with E-state index < -0.39 is 20.2 Å². The Labute approximate surface area is 116 Å². The van der Waals surface area contributed by atoms with E-state index in [1.165, 1.54) is 0 Å². The van der Waals surface area contributed by atoms with Crippen LogP contribution in [-0.4, -0.2) is 14.3 Å². The van der Waals surface area contributed by atoms with E-state index in [0.29, 0.717) is 11.3 Å². The molecule has 4 heteroatoms. The highest BCUT2D eigenvalue weighted by Crippen LogP contribution is 2.39. The first-order valence-electron chi connectivity index (χ1n) is 6.55. The van der Waals surface area contributed by atoms with Crippen molar-refractivity contribution in [3.8, 4) is 5.75 Å². The minimum absolute atomic E-state index is 0.0742. The Balaban J connectivity index is 3.13. The molecule has 0 bridgehead atoms. The summed E-state index contributed by atoms with van der Waals surface area (Å²) >= 11 is 0. The van der Waals surface area contributed by atoms with E-state index >= 15 is 0 Å². The van der Waals surface area contributed by atoms with Gasteiger partial charge in [-0.25, -0.2) is 0 Å². The summed E-state index contributed by atoms with van der Waals surface area (Å²) < 4.78 is 6.22. The maximum atomic E-state index is 11.1. The van der Waals surface area contributed by atoms with Crippen molar-refractivity contribution in [1.29, 1.82) is 0 Å². The predicted molar refractivity (Wildman–Crippen MR) is 77.7 cm³/mol. The summed E-state index contributed by atoms with van der Waals surface area (Å²) in [7, 11) is -1.97. The third-order valence-corrected chi connectivity index (χ3v) is 8.25. The van der Waals surface area contributed by atoms with Gasteiger partial charge in [-0.3, -0.25) is 0 Å². The summed E-state index contributed by atoms with van der Waals surface area (Å²) in [5, 5.41) is 11.1. The monoisotopic (exact) mass is 279 g/mol. The Kier molecular flexibility index (Phi) is 4.45. The number of para-hydroxylation sites is 1. The van der Waals surface area contributed by atoms with Crippen LogP contribution in [0.25, 0.3) is 0 Å². The van der Waals surface area contributed by atoms with Crippen molar-refractivity contribution < 1.29 is 14.3 Å². The molecule has 0 aliphatic heterocycles. The Hall–Kier alpha value is -1.29. The predicted octanol–water partition coefficient (Wildman–Crippen LogP) is 2.92. The Morgan fingerprint density at radius 3 is 2.26 bits per heavy atom. The highest BCUT2D eigenvalue weighted by atomic mass is 28.4. The van der Waals surface area contributed by atoms with Gasteiger partial charge in [0.2, 0.25) is 8.32 Å². The first kappa shape index (κ1) is 15.8. The third-order valence-electron chi connectivity index (χ3n) is 3.91. The highest BCUT2D eigenvalue weighted by Gasteiger charge is 2.39. The molecule has 0 aromatic heterocycles. The molecule has 0 saturated heterocycles. The number of aliphatic carboxylic acids is 1. The molecule has 1 aromatic carbocycles. The summed E-state index contributed by atoms with van der Waals surface area (Å²) in [6, 6.07) is 7.33. The fourth-order valence-electron chi connectivity index (χ4n) is 1.49. The van der Waals surface area contributed by atoms with E-state index in [1.54, 1.807) is 13.0 Å². The van der Waals surface area contributed by atoms with Crippen LogP contribution in [0.3, 0.4) is 0 Å². The van der Waals surface area contributed by atoms with Gasteiger partial charge >= 0.3 is 0 Å². The molecule has 0 aliphatic rings. The van der Waals surface area contributed by atoms with Crippen LogP contribution >= 0.6 is 0 Å². The van der Waals surface area contributed by atoms with Gasteiger partial charge in [-0.2, -0.15) is 0 Å². The second-order valence-electron chi connectivity index (χ2n) is 6.44. The summed E-state index contributed by atoms with van der Waals surface area (Å²) in [5.74, 6) is -1.07. The molecule has 0 N–H and O–H groups in total. The van der Waals surface area contributed by atoms with Crippen LogP contribution in [0, 0.1) is 0 Å². The summed E-state index contributed by atoms with van der Waals surface area (Å²) in [6.45, 7) is 12.4. The molecule has 0 amide bonds. The molecule has 3 nitrogen and oxygen atoms in total. The zero-order valence-electron chi connectivity index (χ0n) is 12.6. The molecule has 0 saturated carbocycles. The number of benzene rings is 1. The molecule has 19 heavy (non-hydrogen) atoms. The number of hydrogen-bond donors (Lipinski definition) is 0. The van der Waals surface area contributed by atoms with Crippen LogP contribution in [0.2, 0.25) is 18.1 Å². The molecule has 1 aromatic rings. The minimum atomic E-state index is -1.97. The van der Waals surface area contributed by atoms with Crippen molar-refractivity contribution in [2.45, 2.75) is 51.7 Å². The summed E-state index contributed by atoms with van der Waals surface area (Å²) in [4.78, 5) is 11.1. The number of rotatable bonds is 4. The lowest BCUT2D eigenvalue weighted by molar-refractivity contribution is -0.307. The average Bonchev–Trinajstić information content (AvgIpc) is 2.26. The number of carbonyl (C=O) groups excluding carboxylic acids is 1. The first-order valence-corrected chi connectivity index (χ1v) is 9.46. The average molecular weight is 279 g/mol. The maximum Gasteiger partial charge on any atom is 0.250 e. The summed E-state index contributed by atoms with van der Waals surface area (Å²) in [6.07, 6.45) is 0. The minimum Gasteiger partial charge on any atom is -0.550 e. The van der Waals surface area contributed by atoms with Crippen molar-refractivity contribution in [3.05, 3.63) is 29.8 Å². The van der Waals surface area contributed by atoms with E-state index in [4.69, 9.17) is 4.43 Å². The molecule has 0 aliphatic carbocycles. The molecule has 1 rings (SSSR count). The van der Waals surface area contributed by atoms with Crippen LogP contribution in [0.15, 0.2) is 24.3 Å². The largest absolute Gasteiger partial charge is 0.550 e.